The van der Waals surface area contributed by atoms with E-state index >= 15 is 0 Å². The number of nitrogens with zero attached hydrogens (tertiary/aromatic N) is 2. The Bertz CT molecular complexity index is 368. The van der Waals surface area contributed by atoms with Crippen molar-refractivity contribution in [2.24, 2.45) is 10.7 Å². The summed E-state index contributed by atoms with van der Waals surface area (Å²) in [6.07, 6.45) is -1.58. The number of halogens is 1. The summed E-state index contributed by atoms with van der Waals surface area (Å²) in [6.45, 7) is 6.88. The monoisotopic (exact) mass is 269 g/mol. The first-order valence-corrected chi connectivity index (χ1v) is 6.32. The van der Waals surface area contributed by atoms with Crippen molar-refractivity contribution in [3.63, 3.8) is 0 Å². The highest BCUT2D eigenvalue weighted by molar-refractivity contribution is 6.12. The highest BCUT2D eigenvalue weighted by atomic mass is 19.1. The van der Waals surface area contributed by atoms with Crippen LogP contribution in [-0.2, 0) is 4.74 Å². The van der Waals surface area contributed by atoms with E-state index in [0.29, 0.717) is 0 Å². The minimum atomic E-state index is -1.13. The molecular weight excluding hydrogens is 248 g/mol. The maximum atomic E-state index is 13.5. The van der Waals surface area contributed by atoms with Gasteiger partial charge in [-0.3, -0.25) is 9.89 Å². The number of nitrogens with two attached hydrogens (primary N) is 1. The smallest absolute Gasteiger partial charge is 0.411 e. The summed E-state index contributed by atoms with van der Waals surface area (Å²) in [6, 6.07) is -0.587. The first-order valence-electron chi connectivity index (χ1n) is 6.32. The molecule has 1 aliphatic heterocycles. The summed E-state index contributed by atoms with van der Waals surface area (Å²) in [5, 5.41) is 0. The lowest BCUT2D eigenvalue weighted by molar-refractivity contribution is 0.0255. The van der Waals surface area contributed by atoms with E-state index in [9.17, 15) is 9.18 Å². The van der Waals surface area contributed by atoms with Crippen LogP contribution in [0.2, 0.25) is 0 Å². The van der Waals surface area contributed by atoms with Crippen molar-refractivity contribution >= 4 is 19.8 Å². The maximum absolute atomic E-state index is 13.5. The Hall–Kier alpha value is -1.27. The predicted octanol–water partition coefficient (Wildman–Crippen LogP) is 1.21. The highest BCUT2D eigenvalue weighted by Crippen LogP contribution is 2.23. The van der Waals surface area contributed by atoms with E-state index < -0.39 is 29.8 Å². The van der Waals surface area contributed by atoms with E-state index in [1.165, 1.54) is 4.90 Å². The molecule has 106 valence electrons. The zero-order valence-corrected chi connectivity index (χ0v) is 11.9. The fraction of sp³-hybridized carbons (Fsp3) is 0.833. The summed E-state index contributed by atoms with van der Waals surface area (Å²) in [5.41, 5.74) is 5.15. The Kier molecular flexibility index (Phi) is 4.82. The van der Waals surface area contributed by atoms with Gasteiger partial charge in [0.2, 0.25) is 0 Å². The maximum Gasteiger partial charge on any atom is 0.411 e. The van der Waals surface area contributed by atoms with Gasteiger partial charge >= 0.3 is 6.09 Å². The van der Waals surface area contributed by atoms with E-state index in [4.69, 9.17) is 18.3 Å². The molecule has 19 heavy (non-hydrogen) atoms. The molecule has 1 aliphatic rings. The molecule has 1 amide bonds. The normalized spacial score (nSPS) is 26.4. The van der Waals surface area contributed by atoms with Crippen molar-refractivity contribution in [3.8, 4) is 0 Å². The largest absolute Gasteiger partial charge is 0.444 e. The highest BCUT2D eigenvalue weighted by Gasteiger charge is 2.39. The number of hydrogen-bond donors (Lipinski definition) is 1. The van der Waals surface area contributed by atoms with E-state index in [1.54, 1.807) is 27.7 Å². The molecule has 2 N–H and O–H groups in total. The summed E-state index contributed by atoms with van der Waals surface area (Å²) in [7, 11) is 5.52. The van der Waals surface area contributed by atoms with Crippen molar-refractivity contribution < 1.29 is 13.9 Å². The Morgan fingerprint density at radius 1 is 1.58 bits per heavy atom. The third kappa shape index (κ3) is 4.72. The van der Waals surface area contributed by atoms with Gasteiger partial charge in [-0.2, -0.15) is 0 Å². The van der Waals surface area contributed by atoms with Gasteiger partial charge < -0.3 is 10.5 Å². The van der Waals surface area contributed by atoms with E-state index in [1.807, 2.05) is 0 Å². The second kappa shape index (κ2) is 5.80. The average Bonchev–Trinajstić information content (AvgIpc) is 2.56. The quantitative estimate of drug-likeness (QED) is 0.465. The van der Waals surface area contributed by atoms with Crippen molar-refractivity contribution in [2.45, 2.75) is 57.9 Å². The molecule has 0 bridgehead atoms. The third-order valence-electron chi connectivity index (χ3n) is 2.57. The van der Waals surface area contributed by atoms with Gasteiger partial charge in [0.1, 0.15) is 25.5 Å². The molecule has 0 spiro atoms. The standard InChI is InChI=1S/C12H21BFN3O2/c1-7(13)16-10(15)9-5-8(14)6-17(9)11(18)19-12(2,3)4/h7-9H,5-6H2,1-4H3,(H2,15,16)/t7?,8-,9-/m0/s1. The second-order valence-corrected chi connectivity index (χ2v) is 5.78. The molecule has 1 rings (SSSR count). The summed E-state index contributed by atoms with van der Waals surface area (Å²) in [4.78, 5) is 17.3. The Morgan fingerprint density at radius 2 is 2.16 bits per heavy atom. The van der Waals surface area contributed by atoms with Gasteiger partial charge in [0.15, 0.2) is 0 Å². The fourth-order valence-corrected chi connectivity index (χ4v) is 1.91. The van der Waals surface area contributed by atoms with Crippen LogP contribution in [0.25, 0.3) is 0 Å². The molecule has 3 atom stereocenters. The topological polar surface area (TPSA) is 67.9 Å². The number of carbonyl (C=O) groups is 1. The number of rotatable bonds is 2. The van der Waals surface area contributed by atoms with Gasteiger partial charge in [-0.1, -0.05) is 6.92 Å². The number of amidine groups is 1. The lowest BCUT2D eigenvalue weighted by atomic mass is 10.00. The van der Waals surface area contributed by atoms with Crippen LogP contribution in [0.3, 0.4) is 0 Å². The molecule has 1 saturated heterocycles. The van der Waals surface area contributed by atoms with Crippen LogP contribution in [0.1, 0.15) is 34.1 Å². The summed E-state index contributed by atoms with van der Waals surface area (Å²) < 4.78 is 18.8. The summed E-state index contributed by atoms with van der Waals surface area (Å²) in [5.74, 6) is -0.319. The molecule has 1 fully saturated rings. The zero-order chi connectivity index (χ0) is 14.8. The van der Waals surface area contributed by atoms with Gasteiger partial charge in [-0.05, 0) is 20.8 Å². The van der Waals surface area contributed by atoms with E-state index in [2.05, 4.69) is 4.99 Å². The summed E-state index contributed by atoms with van der Waals surface area (Å²) >= 11 is 0. The zero-order valence-electron chi connectivity index (χ0n) is 11.9. The number of likely N-dealkylation sites (tertiary alicyclic amines) is 1. The van der Waals surface area contributed by atoms with Crippen LogP contribution >= 0.6 is 0 Å². The van der Waals surface area contributed by atoms with Crippen LogP contribution in [0.4, 0.5) is 9.18 Å². The molecule has 1 unspecified atom stereocenters. The Morgan fingerprint density at radius 3 is 2.63 bits per heavy atom. The number of aliphatic imine (C=N–C) groups is 1. The van der Waals surface area contributed by atoms with Crippen molar-refractivity contribution in [3.05, 3.63) is 0 Å². The molecule has 0 saturated carbocycles. The number of carbonyl (C=O) groups excluding carboxylic acids is 1. The molecule has 1 heterocycles. The first-order chi connectivity index (χ1) is 8.60. The molecule has 2 radical (unpaired) electrons. The van der Waals surface area contributed by atoms with Crippen LogP contribution in [0.15, 0.2) is 4.99 Å². The Labute approximate surface area is 114 Å². The first kappa shape index (κ1) is 15.8. The molecule has 0 aliphatic carbocycles. The number of ether oxygens (including phenoxy) is 1. The molecule has 7 heteroatoms. The minimum Gasteiger partial charge on any atom is -0.444 e. The van der Waals surface area contributed by atoms with Gasteiger partial charge in [-0.25, -0.2) is 9.18 Å². The number of alkyl halides is 1. The van der Waals surface area contributed by atoms with E-state index in [0.717, 1.165) is 0 Å². The number of hydrogen-bond acceptors (Lipinski definition) is 3. The SMILES string of the molecule is [B]C(C)N=C(N)[C@@H]1C[C@H](F)CN1C(=O)OC(C)(C)C. The van der Waals surface area contributed by atoms with Crippen LogP contribution in [0, 0.1) is 0 Å². The number of amides is 1. The lowest BCUT2D eigenvalue weighted by Gasteiger charge is -2.28. The van der Waals surface area contributed by atoms with Crippen LogP contribution in [-0.4, -0.2) is 55.0 Å². The van der Waals surface area contributed by atoms with Gasteiger partial charge in [0, 0.05) is 12.4 Å². The molecule has 0 aromatic heterocycles. The average molecular weight is 269 g/mol. The predicted molar refractivity (Wildman–Crippen MR) is 73.1 cm³/mol. The van der Waals surface area contributed by atoms with Gasteiger partial charge in [-0.15, -0.1) is 0 Å². The molecule has 0 aromatic carbocycles. The lowest BCUT2D eigenvalue weighted by Crippen LogP contribution is -2.46. The molecule has 0 aromatic rings. The van der Waals surface area contributed by atoms with Gasteiger partial charge in [0.05, 0.1) is 12.6 Å². The van der Waals surface area contributed by atoms with Crippen molar-refractivity contribution in [1.29, 1.82) is 0 Å². The molecule has 5 nitrogen and oxygen atoms in total. The van der Waals surface area contributed by atoms with Crippen molar-refractivity contribution in [2.75, 3.05) is 6.54 Å². The molecular formula is C12H21BFN3O2. The van der Waals surface area contributed by atoms with Crippen LogP contribution < -0.4 is 5.73 Å². The van der Waals surface area contributed by atoms with Crippen molar-refractivity contribution in [1.82, 2.24) is 4.90 Å². The fourth-order valence-electron chi connectivity index (χ4n) is 1.91. The van der Waals surface area contributed by atoms with Gasteiger partial charge in [0.25, 0.3) is 0 Å². The third-order valence-corrected chi connectivity index (χ3v) is 2.57. The minimum absolute atomic E-state index is 0.0330. The van der Waals surface area contributed by atoms with E-state index in [-0.39, 0.29) is 18.8 Å². The Balaban J connectivity index is 2.83. The van der Waals surface area contributed by atoms with Crippen LogP contribution in [0.5, 0.6) is 0 Å². The second-order valence-electron chi connectivity index (χ2n) is 5.78.